The molecule has 57 heavy (non-hydrogen) atoms. The van der Waals surface area contributed by atoms with Crippen LogP contribution in [0, 0.1) is 0 Å². The fraction of sp³-hybridized carbons (Fsp3) is 0. The maximum absolute atomic E-state index is 6.93. The third-order valence-electron chi connectivity index (χ3n) is 12.0. The van der Waals surface area contributed by atoms with Crippen molar-refractivity contribution in [1.29, 1.82) is 0 Å². The molecule has 1 heteroatoms. The average molecular weight is 723 g/mol. The molecule has 1 nitrogen and oxygen atoms in total. The van der Waals surface area contributed by atoms with E-state index in [1.807, 2.05) is 0 Å². The van der Waals surface area contributed by atoms with Crippen LogP contribution in [0.4, 0.5) is 0 Å². The van der Waals surface area contributed by atoms with Crippen LogP contribution in [0.2, 0.25) is 0 Å². The van der Waals surface area contributed by atoms with E-state index in [4.69, 9.17) is 4.42 Å². The molecule has 0 aliphatic heterocycles. The molecule has 0 saturated carbocycles. The molecule has 1 aromatic heterocycles. The lowest BCUT2D eigenvalue weighted by molar-refractivity contribution is 0.670. The Morgan fingerprint density at radius 2 is 0.667 bits per heavy atom. The maximum Gasteiger partial charge on any atom is 0.143 e. The minimum atomic E-state index is 0.886. The number of fused-ring (bicyclic) bond motifs is 8. The molecule has 0 N–H and O–H groups in total. The van der Waals surface area contributed by atoms with Crippen molar-refractivity contribution in [2.24, 2.45) is 0 Å². The fourth-order valence-corrected chi connectivity index (χ4v) is 9.66. The molecular weight excluding hydrogens is 689 g/mol. The van der Waals surface area contributed by atoms with Gasteiger partial charge in [-0.3, -0.25) is 0 Å². The number of benzene rings is 11. The molecule has 11 aromatic carbocycles. The maximum atomic E-state index is 6.93. The molecule has 0 saturated heterocycles. The Morgan fingerprint density at radius 3 is 1.26 bits per heavy atom. The number of hydrogen-bond acceptors (Lipinski definition) is 1. The average Bonchev–Trinajstić information content (AvgIpc) is 3.66. The molecule has 264 valence electrons. The number of rotatable bonds is 4. The Morgan fingerprint density at radius 1 is 0.246 bits per heavy atom. The third-order valence-corrected chi connectivity index (χ3v) is 12.0. The Bertz CT molecular complexity index is 3450. The van der Waals surface area contributed by atoms with Crippen LogP contribution in [-0.2, 0) is 0 Å². The van der Waals surface area contributed by atoms with E-state index in [1.165, 1.54) is 92.8 Å². The summed E-state index contributed by atoms with van der Waals surface area (Å²) in [4.78, 5) is 0. The van der Waals surface area contributed by atoms with Crippen LogP contribution in [0.1, 0.15) is 0 Å². The number of furan rings is 1. The summed E-state index contributed by atoms with van der Waals surface area (Å²) in [5.74, 6) is 0. The minimum absolute atomic E-state index is 0.886. The van der Waals surface area contributed by atoms with Gasteiger partial charge in [0.25, 0.3) is 0 Å². The predicted molar refractivity (Wildman–Crippen MR) is 243 cm³/mol. The van der Waals surface area contributed by atoms with E-state index in [2.05, 4.69) is 206 Å². The van der Waals surface area contributed by atoms with Crippen molar-refractivity contribution in [3.63, 3.8) is 0 Å². The van der Waals surface area contributed by atoms with Gasteiger partial charge in [0.05, 0.1) is 0 Å². The summed E-state index contributed by atoms with van der Waals surface area (Å²) in [6.45, 7) is 0. The molecule has 12 aromatic rings. The second-order valence-corrected chi connectivity index (χ2v) is 15.1. The summed E-state index contributed by atoms with van der Waals surface area (Å²) in [5.41, 5.74) is 11.5. The van der Waals surface area contributed by atoms with E-state index in [-0.39, 0.29) is 0 Å². The Balaban J connectivity index is 1.12. The van der Waals surface area contributed by atoms with Gasteiger partial charge >= 0.3 is 0 Å². The molecule has 0 aliphatic carbocycles. The first-order valence-corrected chi connectivity index (χ1v) is 19.7. The topological polar surface area (TPSA) is 13.1 Å². The summed E-state index contributed by atoms with van der Waals surface area (Å²) >= 11 is 0. The zero-order valence-corrected chi connectivity index (χ0v) is 31.0. The van der Waals surface area contributed by atoms with Crippen LogP contribution in [0.25, 0.3) is 120 Å². The van der Waals surface area contributed by atoms with E-state index in [9.17, 15) is 0 Å². The van der Waals surface area contributed by atoms with Gasteiger partial charge < -0.3 is 4.42 Å². The van der Waals surface area contributed by atoms with Crippen molar-refractivity contribution in [2.75, 3.05) is 0 Å². The van der Waals surface area contributed by atoms with Crippen molar-refractivity contribution in [1.82, 2.24) is 0 Å². The standard InChI is InChI=1S/C56H34O/c1-2-17-36(18-3-1)52-40-21-6-12-27-46(40)55(47-28-13-7-22-41(47)52)49-31-15-30-48-50-34-37(32-33-51(50)57-56(48)49)53-42-23-8-10-25-44(42)54(45-26-11-9-24-43(45)53)39-29-14-19-35-16-4-5-20-38(35)39/h1-34H. The van der Waals surface area contributed by atoms with Gasteiger partial charge in [-0.2, -0.15) is 0 Å². The molecule has 0 spiro atoms. The van der Waals surface area contributed by atoms with Crippen molar-refractivity contribution >= 4 is 75.8 Å². The van der Waals surface area contributed by atoms with Crippen molar-refractivity contribution in [2.45, 2.75) is 0 Å². The normalized spacial score (nSPS) is 11.9. The van der Waals surface area contributed by atoms with Gasteiger partial charge in [0.15, 0.2) is 0 Å². The van der Waals surface area contributed by atoms with E-state index < -0.39 is 0 Å². The second-order valence-electron chi connectivity index (χ2n) is 15.1. The summed E-state index contributed by atoms with van der Waals surface area (Å²) in [7, 11) is 0. The second kappa shape index (κ2) is 12.5. The van der Waals surface area contributed by atoms with E-state index in [1.54, 1.807) is 0 Å². The lowest BCUT2D eigenvalue weighted by atomic mass is 9.84. The highest BCUT2D eigenvalue weighted by Crippen LogP contribution is 2.49. The number of hydrogen-bond donors (Lipinski definition) is 0. The SMILES string of the molecule is c1ccc(-c2c3ccccc3c(-c3cccc4c3oc3ccc(-c5c6ccccc6c(-c6cccc7ccccc67)c6ccccc56)cc34)c3ccccc23)cc1. The first kappa shape index (κ1) is 31.8. The molecule has 0 unspecified atom stereocenters. The van der Waals surface area contributed by atoms with Gasteiger partial charge in [0.1, 0.15) is 11.2 Å². The summed E-state index contributed by atoms with van der Waals surface area (Å²) in [6, 6.07) is 75.1. The Hall–Kier alpha value is -7.48. The van der Waals surface area contributed by atoms with E-state index in [0.717, 1.165) is 27.5 Å². The van der Waals surface area contributed by atoms with Crippen LogP contribution < -0.4 is 0 Å². The van der Waals surface area contributed by atoms with Gasteiger partial charge in [0, 0.05) is 21.9 Å². The van der Waals surface area contributed by atoms with Crippen molar-refractivity contribution in [3.05, 3.63) is 206 Å². The van der Waals surface area contributed by atoms with Crippen LogP contribution in [-0.4, -0.2) is 0 Å². The smallest absolute Gasteiger partial charge is 0.143 e. The Labute approximate surface area is 329 Å². The molecular formula is C56H34O. The highest BCUT2D eigenvalue weighted by atomic mass is 16.3. The Kier molecular flexibility index (Phi) is 7.00. The third kappa shape index (κ3) is 4.76. The highest BCUT2D eigenvalue weighted by molar-refractivity contribution is 6.26. The zero-order valence-electron chi connectivity index (χ0n) is 31.0. The van der Waals surface area contributed by atoms with Gasteiger partial charge in [-0.1, -0.05) is 194 Å². The molecule has 12 rings (SSSR count). The van der Waals surface area contributed by atoms with Gasteiger partial charge in [0.2, 0.25) is 0 Å². The first-order valence-electron chi connectivity index (χ1n) is 19.7. The summed E-state index contributed by atoms with van der Waals surface area (Å²) in [6.07, 6.45) is 0. The molecule has 0 radical (unpaired) electrons. The molecule has 0 fully saturated rings. The van der Waals surface area contributed by atoms with Crippen LogP contribution >= 0.6 is 0 Å². The fourth-order valence-electron chi connectivity index (χ4n) is 9.66. The van der Waals surface area contributed by atoms with Crippen molar-refractivity contribution in [3.8, 4) is 44.5 Å². The van der Waals surface area contributed by atoms with Gasteiger partial charge in [-0.15, -0.1) is 0 Å². The van der Waals surface area contributed by atoms with Crippen LogP contribution in [0.15, 0.2) is 211 Å². The largest absolute Gasteiger partial charge is 0.455 e. The lowest BCUT2D eigenvalue weighted by Crippen LogP contribution is -1.91. The van der Waals surface area contributed by atoms with E-state index in [0.29, 0.717) is 0 Å². The molecule has 0 amide bonds. The van der Waals surface area contributed by atoms with Crippen LogP contribution in [0.3, 0.4) is 0 Å². The van der Waals surface area contributed by atoms with Crippen LogP contribution in [0.5, 0.6) is 0 Å². The summed E-state index contributed by atoms with van der Waals surface area (Å²) in [5, 5.41) is 14.6. The number of para-hydroxylation sites is 1. The molecule has 0 atom stereocenters. The van der Waals surface area contributed by atoms with Gasteiger partial charge in [-0.05, 0) is 99.4 Å². The first-order chi connectivity index (χ1) is 28.3. The quantitative estimate of drug-likeness (QED) is 0.165. The van der Waals surface area contributed by atoms with Crippen molar-refractivity contribution < 1.29 is 4.42 Å². The van der Waals surface area contributed by atoms with Gasteiger partial charge in [-0.25, -0.2) is 0 Å². The minimum Gasteiger partial charge on any atom is -0.455 e. The monoisotopic (exact) mass is 722 g/mol. The molecule has 1 heterocycles. The molecule has 0 bridgehead atoms. The molecule has 0 aliphatic rings. The highest BCUT2D eigenvalue weighted by Gasteiger charge is 2.22. The zero-order chi connectivity index (χ0) is 37.5. The summed E-state index contributed by atoms with van der Waals surface area (Å²) < 4.78 is 6.93. The van der Waals surface area contributed by atoms with E-state index >= 15 is 0 Å². The predicted octanol–water partition coefficient (Wildman–Crippen LogP) is 16.0. The lowest BCUT2D eigenvalue weighted by Gasteiger charge is -2.18.